The summed E-state index contributed by atoms with van der Waals surface area (Å²) in [6.07, 6.45) is 0. The zero-order valence-electron chi connectivity index (χ0n) is 3.44. The van der Waals surface area contributed by atoms with Crippen molar-refractivity contribution in [2.75, 3.05) is 0 Å². The summed E-state index contributed by atoms with van der Waals surface area (Å²) in [6.45, 7) is 0. The SMILES string of the molecule is OB(O)NB(O)O. The van der Waals surface area contributed by atoms with Crippen LogP contribution in [0.5, 0.6) is 0 Å². The monoisotopic (exact) mass is 105 g/mol. The van der Waals surface area contributed by atoms with Crippen LogP contribution in [0.1, 0.15) is 0 Å². The van der Waals surface area contributed by atoms with E-state index in [0.717, 1.165) is 0 Å². The van der Waals surface area contributed by atoms with Crippen molar-refractivity contribution in [3.05, 3.63) is 0 Å². The van der Waals surface area contributed by atoms with Crippen molar-refractivity contribution in [3.8, 4) is 0 Å². The van der Waals surface area contributed by atoms with Crippen LogP contribution in [0.25, 0.3) is 0 Å². The zero-order chi connectivity index (χ0) is 5.86. The number of hydrogen-bond acceptors (Lipinski definition) is 5. The Morgan fingerprint density at radius 3 is 1.14 bits per heavy atom. The average Bonchev–Trinajstić information content (AvgIpc) is 1.27. The first-order valence-corrected chi connectivity index (χ1v) is 1.61. The molecule has 0 heterocycles. The molecule has 5 N–H and O–H groups in total. The molecule has 0 atom stereocenters. The van der Waals surface area contributed by atoms with Crippen LogP contribution in [0, 0.1) is 0 Å². The molecule has 40 valence electrons. The minimum Gasteiger partial charge on any atom is -0.414 e. The molecule has 7 heteroatoms. The number of nitrogens with one attached hydrogen (secondary N) is 1. The molecular weight excluding hydrogens is 99.6 g/mol. The molecule has 0 saturated carbocycles. The maximum absolute atomic E-state index is 7.85. The largest absolute Gasteiger partial charge is 0.541 e. The molecule has 0 fully saturated rings. The summed E-state index contributed by atoms with van der Waals surface area (Å²) in [4.78, 5) is 0. The quantitative estimate of drug-likeness (QED) is 0.235. The van der Waals surface area contributed by atoms with Crippen molar-refractivity contribution >= 4 is 14.5 Å². The first kappa shape index (κ1) is 6.93. The van der Waals surface area contributed by atoms with Crippen LogP contribution < -0.4 is 5.14 Å². The average molecular weight is 105 g/mol. The van der Waals surface area contributed by atoms with Gasteiger partial charge in [0.1, 0.15) is 0 Å². The van der Waals surface area contributed by atoms with Crippen molar-refractivity contribution < 1.29 is 20.1 Å². The Hall–Kier alpha value is -0.0701. The molecule has 0 aromatic heterocycles. The highest BCUT2D eigenvalue weighted by atomic mass is 16.4. The summed E-state index contributed by atoms with van der Waals surface area (Å²) in [7, 11) is -3.75. The summed E-state index contributed by atoms with van der Waals surface area (Å²) >= 11 is 0. The minimum absolute atomic E-state index is 1.53. The third-order valence-corrected chi connectivity index (χ3v) is 0.298. The minimum atomic E-state index is -1.88. The highest BCUT2D eigenvalue weighted by molar-refractivity contribution is 6.56. The Balaban J connectivity index is 2.95. The van der Waals surface area contributed by atoms with Gasteiger partial charge in [0.25, 0.3) is 0 Å². The molecule has 0 amide bonds. The lowest BCUT2D eigenvalue weighted by atomic mass is 9.98. The van der Waals surface area contributed by atoms with Crippen LogP contribution in [0.3, 0.4) is 0 Å². The molecule has 0 radical (unpaired) electrons. The fraction of sp³-hybridized carbons (Fsp3) is 0. The van der Waals surface area contributed by atoms with Crippen molar-refractivity contribution in [1.82, 2.24) is 5.14 Å². The third kappa shape index (κ3) is 5.93. The van der Waals surface area contributed by atoms with E-state index < -0.39 is 14.5 Å². The predicted molar refractivity (Wildman–Crippen MR) is 23.5 cm³/mol. The maximum Gasteiger partial charge on any atom is 0.541 e. The second kappa shape index (κ2) is 3.00. The molecular formula is H5B2NO4. The first-order valence-electron chi connectivity index (χ1n) is 1.61. The van der Waals surface area contributed by atoms with E-state index in [1.165, 1.54) is 5.14 Å². The Bertz CT molecular complexity index is 39.0. The molecule has 7 heavy (non-hydrogen) atoms. The van der Waals surface area contributed by atoms with E-state index in [9.17, 15) is 0 Å². The highest BCUT2D eigenvalue weighted by Crippen LogP contribution is 1.57. The molecule has 0 aliphatic carbocycles. The van der Waals surface area contributed by atoms with E-state index in [1.54, 1.807) is 0 Å². The molecule has 0 aromatic rings. The Morgan fingerprint density at radius 2 is 1.14 bits per heavy atom. The standard InChI is InChI=1S/B2H5NO4/c4-1(5)3-2(6)7/h3-7H. The fourth-order valence-electron chi connectivity index (χ4n) is 0.133. The predicted octanol–water partition coefficient (Wildman–Crippen LogP) is -3.49. The van der Waals surface area contributed by atoms with E-state index in [-0.39, 0.29) is 0 Å². The van der Waals surface area contributed by atoms with Crippen molar-refractivity contribution in [1.29, 1.82) is 0 Å². The van der Waals surface area contributed by atoms with Crippen LogP contribution >= 0.6 is 0 Å². The first-order chi connectivity index (χ1) is 3.13. The summed E-state index contributed by atoms with van der Waals surface area (Å²) in [6, 6.07) is 0. The van der Waals surface area contributed by atoms with Crippen LogP contribution in [-0.2, 0) is 0 Å². The molecule has 0 aliphatic heterocycles. The van der Waals surface area contributed by atoms with Gasteiger partial charge in [-0.05, 0) is 0 Å². The van der Waals surface area contributed by atoms with E-state index >= 15 is 0 Å². The van der Waals surface area contributed by atoms with Gasteiger partial charge in [0.05, 0.1) is 0 Å². The second-order valence-corrected chi connectivity index (χ2v) is 0.914. The second-order valence-electron chi connectivity index (χ2n) is 0.914. The molecule has 0 unspecified atom stereocenters. The van der Waals surface area contributed by atoms with Gasteiger partial charge in [0.2, 0.25) is 0 Å². The summed E-state index contributed by atoms with van der Waals surface area (Å²) in [5, 5.41) is 32.9. The van der Waals surface area contributed by atoms with E-state index in [0.29, 0.717) is 0 Å². The molecule has 0 spiro atoms. The van der Waals surface area contributed by atoms with Crippen LogP contribution in [0.4, 0.5) is 0 Å². The third-order valence-electron chi connectivity index (χ3n) is 0.298. The van der Waals surface area contributed by atoms with Gasteiger partial charge in [-0.1, -0.05) is 0 Å². The Labute approximate surface area is 40.9 Å². The van der Waals surface area contributed by atoms with Gasteiger partial charge in [-0.15, -0.1) is 0 Å². The van der Waals surface area contributed by atoms with Crippen LogP contribution in [0.15, 0.2) is 0 Å². The van der Waals surface area contributed by atoms with Gasteiger partial charge < -0.3 is 20.1 Å². The van der Waals surface area contributed by atoms with Crippen molar-refractivity contribution in [2.45, 2.75) is 0 Å². The zero-order valence-corrected chi connectivity index (χ0v) is 3.44. The fourth-order valence-corrected chi connectivity index (χ4v) is 0.133. The Kier molecular flexibility index (Phi) is 2.97. The summed E-state index contributed by atoms with van der Waals surface area (Å²) < 4.78 is 0. The molecule has 0 rings (SSSR count). The van der Waals surface area contributed by atoms with Gasteiger partial charge in [0.15, 0.2) is 0 Å². The topological polar surface area (TPSA) is 93.0 Å². The molecule has 0 aromatic carbocycles. The van der Waals surface area contributed by atoms with Crippen molar-refractivity contribution in [3.63, 3.8) is 0 Å². The van der Waals surface area contributed by atoms with Crippen LogP contribution in [-0.4, -0.2) is 34.6 Å². The normalized spacial score (nSPS) is 8.57. The highest BCUT2D eigenvalue weighted by Gasteiger charge is 2.15. The lowest BCUT2D eigenvalue weighted by molar-refractivity contribution is 0.361. The number of rotatable bonds is 2. The lowest BCUT2D eigenvalue weighted by Gasteiger charge is -1.96. The van der Waals surface area contributed by atoms with E-state index in [4.69, 9.17) is 20.1 Å². The Morgan fingerprint density at radius 1 is 0.857 bits per heavy atom. The van der Waals surface area contributed by atoms with E-state index in [2.05, 4.69) is 0 Å². The molecule has 0 saturated heterocycles. The van der Waals surface area contributed by atoms with Crippen LogP contribution in [0.2, 0.25) is 0 Å². The van der Waals surface area contributed by atoms with Gasteiger partial charge in [-0.3, -0.25) is 5.14 Å². The number of hydrogen-bond donors (Lipinski definition) is 5. The van der Waals surface area contributed by atoms with Crippen molar-refractivity contribution in [2.24, 2.45) is 0 Å². The lowest BCUT2D eigenvalue weighted by Crippen LogP contribution is -2.45. The molecule has 0 aliphatic rings. The van der Waals surface area contributed by atoms with Gasteiger partial charge in [-0.2, -0.15) is 0 Å². The molecule has 0 bridgehead atoms. The summed E-state index contributed by atoms with van der Waals surface area (Å²) in [5.74, 6) is 0. The van der Waals surface area contributed by atoms with Gasteiger partial charge in [0, 0.05) is 0 Å². The van der Waals surface area contributed by atoms with Gasteiger partial charge in [-0.25, -0.2) is 0 Å². The smallest absolute Gasteiger partial charge is 0.414 e. The van der Waals surface area contributed by atoms with E-state index in [1.807, 2.05) is 0 Å². The molecule has 5 nitrogen and oxygen atoms in total. The summed E-state index contributed by atoms with van der Waals surface area (Å²) in [5.41, 5.74) is 0. The van der Waals surface area contributed by atoms with Gasteiger partial charge >= 0.3 is 14.5 Å². The maximum atomic E-state index is 7.85.